The molecule has 3 rings (SSSR count). The van der Waals surface area contributed by atoms with Gasteiger partial charge in [0.25, 0.3) is 0 Å². The standard InChI is InChI=1S/C17H21F3N2O.ClH/c1-11(12-9-21-10-12)15(23)22-16(6-3-7-16)13-4-2-5-14(8-13)17(18,19)20;/h2,4-5,8,11-12,21H,3,6-7,9-10H2,1H3,(H,22,23);1H. The first-order chi connectivity index (χ1) is 10.8. The van der Waals surface area contributed by atoms with Crippen molar-refractivity contribution in [2.75, 3.05) is 13.1 Å². The monoisotopic (exact) mass is 362 g/mol. The van der Waals surface area contributed by atoms with Gasteiger partial charge in [-0.2, -0.15) is 13.2 Å². The van der Waals surface area contributed by atoms with Crippen molar-refractivity contribution in [3.63, 3.8) is 0 Å². The largest absolute Gasteiger partial charge is 0.416 e. The Morgan fingerprint density at radius 3 is 2.46 bits per heavy atom. The zero-order valence-corrected chi connectivity index (χ0v) is 14.3. The minimum absolute atomic E-state index is 0. The summed E-state index contributed by atoms with van der Waals surface area (Å²) in [5.74, 6) is 0.127. The molecule has 1 atom stereocenters. The molecule has 1 unspecified atom stereocenters. The minimum Gasteiger partial charge on any atom is -0.346 e. The lowest BCUT2D eigenvalue weighted by atomic mass is 9.71. The van der Waals surface area contributed by atoms with E-state index >= 15 is 0 Å². The van der Waals surface area contributed by atoms with Crippen LogP contribution in [-0.2, 0) is 16.5 Å². The number of alkyl halides is 3. The molecule has 134 valence electrons. The maximum Gasteiger partial charge on any atom is 0.416 e. The van der Waals surface area contributed by atoms with Crippen molar-refractivity contribution in [1.29, 1.82) is 0 Å². The Labute approximate surface area is 145 Å². The Kier molecular flexibility index (Phi) is 5.50. The highest BCUT2D eigenvalue weighted by molar-refractivity contribution is 5.85. The SMILES string of the molecule is CC(C(=O)NC1(c2cccc(C(F)(F)F)c2)CCC1)C1CNC1.Cl. The zero-order chi connectivity index (χ0) is 16.7. The molecule has 2 aliphatic rings. The van der Waals surface area contributed by atoms with Crippen molar-refractivity contribution >= 4 is 18.3 Å². The van der Waals surface area contributed by atoms with Crippen LogP contribution in [-0.4, -0.2) is 19.0 Å². The van der Waals surface area contributed by atoms with Crippen LogP contribution in [0.3, 0.4) is 0 Å². The summed E-state index contributed by atoms with van der Waals surface area (Å²) in [6.07, 6.45) is -2.07. The fraction of sp³-hybridized carbons (Fsp3) is 0.588. The van der Waals surface area contributed by atoms with E-state index in [0.29, 0.717) is 24.3 Å². The summed E-state index contributed by atoms with van der Waals surface area (Å²) in [6, 6.07) is 5.35. The lowest BCUT2D eigenvalue weighted by molar-refractivity contribution is -0.137. The summed E-state index contributed by atoms with van der Waals surface area (Å²) < 4.78 is 38.8. The molecule has 1 aromatic carbocycles. The Morgan fingerprint density at radius 2 is 2.00 bits per heavy atom. The van der Waals surface area contributed by atoms with Gasteiger partial charge in [0, 0.05) is 5.92 Å². The number of hydrogen-bond acceptors (Lipinski definition) is 2. The second-order valence-corrected chi connectivity index (χ2v) is 6.71. The van der Waals surface area contributed by atoms with Gasteiger partial charge in [0.1, 0.15) is 0 Å². The van der Waals surface area contributed by atoms with Crippen molar-refractivity contribution in [3.8, 4) is 0 Å². The van der Waals surface area contributed by atoms with Crippen molar-refractivity contribution in [3.05, 3.63) is 35.4 Å². The molecule has 1 heterocycles. The van der Waals surface area contributed by atoms with Gasteiger partial charge in [-0.25, -0.2) is 0 Å². The topological polar surface area (TPSA) is 41.1 Å². The summed E-state index contributed by atoms with van der Waals surface area (Å²) in [4.78, 5) is 12.5. The molecular formula is C17H22ClF3N2O. The average molecular weight is 363 g/mol. The summed E-state index contributed by atoms with van der Waals surface area (Å²) in [5.41, 5.74) is -0.735. The lowest BCUT2D eigenvalue weighted by Gasteiger charge is -2.45. The third-order valence-corrected chi connectivity index (χ3v) is 5.25. The molecule has 0 aromatic heterocycles. The molecule has 1 saturated heterocycles. The average Bonchev–Trinajstić information content (AvgIpc) is 2.40. The number of rotatable bonds is 4. The molecule has 0 spiro atoms. The fourth-order valence-corrected chi connectivity index (χ4v) is 3.24. The first-order valence-corrected chi connectivity index (χ1v) is 8.02. The van der Waals surface area contributed by atoms with E-state index in [0.717, 1.165) is 25.6 Å². The molecule has 1 aliphatic carbocycles. The summed E-state index contributed by atoms with van der Waals surface area (Å²) in [7, 11) is 0. The number of carbonyl (C=O) groups is 1. The van der Waals surface area contributed by atoms with E-state index in [1.165, 1.54) is 12.1 Å². The molecule has 2 fully saturated rings. The highest BCUT2D eigenvalue weighted by Gasteiger charge is 2.43. The van der Waals surface area contributed by atoms with Crippen LogP contribution in [0.1, 0.15) is 37.3 Å². The van der Waals surface area contributed by atoms with Crippen molar-refractivity contribution in [2.24, 2.45) is 11.8 Å². The van der Waals surface area contributed by atoms with Crippen molar-refractivity contribution in [1.82, 2.24) is 10.6 Å². The van der Waals surface area contributed by atoms with Crippen LogP contribution in [0.4, 0.5) is 13.2 Å². The van der Waals surface area contributed by atoms with Crippen LogP contribution in [0, 0.1) is 11.8 Å². The highest BCUT2D eigenvalue weighted by Crippen LogP contribution is 2.43. The summed E-state index contributed by atoms with van der Waals surface area (Å²) in [6.45, 7) is 3.54. The van der Waals surface area contributed by atoms with E-state index in [9.17, 15) is 18.0 Å². The maximum absolute atomic E-state index is 12.9. The molecule has 7 heteroatoms. The summed E-state index contributed by atoms with van der Waals surface area (Å²) >= 11 is 0. The van der Waals surface area contributed by atoms with Crippen LogP contribution in [0.2, 0.25) is 0 Å². The molecule has 1 saturated carbocycles. The Hall–Kier alpha value is -1.27. The van der Waals surface area contributed by atoms with Crippen LogP contribution < -0.4 is 10.6 Å². The van der Waals surface area contributed by atoms with Gasteiger partial charge in [0.15, 0.2) is 0 Å². The predicted octanol–water partition coefficient (Wildman–Crippen LogP) is 3.48. The van der Waals surface area contributed by atoms with E-state index < -0.39 is 17.3 Å². The number of amides is 1. The molecule has 0 bridgehead atoms. The first kappa shape index (κ1) is 19.1. The van der Waals surface area contributed by atoms with E-state index in [4.69, 9.17) is 0 Å². The number of benzene rings is 1. The zero-order valence-electron chi connectivity index (χ0n) is 13.5. The smallest absolute Gasteiger partial charge is 0.346 e. The second-order valence-electron chi connectivity index (χ2n) is 6.71. The van der Waals surface area contributed by atoms with Crippen LogP contribution in [0.15, 0.2) is 24.3 Å². The Morgan fingerprint density at radius 1 is 1.33 bits per heavy atom. The third-order valence-electron chi connectivity index (χ3n) is 5.25. The van der Waals surface area contributed by atoms with Crippen molar-refractivity contribution < 1.29 is 18.0 Å². The quantitative estimate of drug-likeness (QED) is 0.861. The number of hydrogen-bond donors (Lipinski definition) is 2. The first-order valence-electron chi connectivity index (χ1n) is 8.02. The lowest BCUT2D eigenvalue weighted by Crippen LogP contribution is -2.56. The van der Waals surface area contributed by atoms with E-state index in [2.05, 4.69) is 10.6 Å². The molecule has 1 aliphatic heterocycles. The van der Waals surface area contributed by atoms with Crippen LogP contribution in [0.25, 0.3) is 0 Å². The van der Waals surface area contributed by atoms with Crippen molar-refractivity contribution in [2.45, 2.75) is 37.9 Å². The molecule has 3 nitrogen and oxygen atoms in total. The number of nitrogens with one attached hydrogen (secondary N) is 2. The van der Waals surface area contributed by atoms with Crippen LogP contribution in [0.5, 0.6) is 0 Å². The molecule has 0 radical (unpaired) electrons. The molecule has 1 aromatic rings. The normalized spacial score (nSPS) is 21.0. The molecular weight excluding hydrogens is 341 g/mol. The van der Waals surface area contributed by atoms with Gasteiger partial charge in [-0.15, -0.1) is 12.4 Å². The predicted molar refractivity (Wildman–Crippen MR) is 87.9 cm³/mol. The van der Waals surface area contributed by atoms with Gasteiger partial charge in [-0.05, 0) is 56.0 Å². The van der Waals surface area contributed by atoms with Gasteiger partial charge in [0.05, 0.1) is 11.1 Å². The molecule has 24 heavy (non-hydrogen) atoms. The minimum atomic E-state index is -4.37. The van der Waals surface area contributed by atoms with Gasteiger partial charge in [0.2, 0.25) is 5.91 Å². The van der Waals surface area contributed by atoms with Gasteiger partial charge < -0.3 is 10.6 Å². The maximum atomic E-state index is 12.9. The number of carbonyl (C=O) groups excluding carboxylic acids is 1. The molecule has 2 N–H and O–H groups in total. The van der Waals surface area contributed by atoms with E-state index in [1.807, 2.05) is 6.92 Å². The number of halogens is 4. The fourth-order valence-electron chi connectivity index (χ4n) is 3.24. The van der Waals surface area contributed by atoms with Gasteiger partial charge in [-0.1, -0.05) is 19.1 Å². The Balaban J connectivity index is 0.00000208. The second kappa shape index (κ2) is 6.92. The molecule has 1 amide bonds. The van der Waals surface area contributed by atoms with Crippen LogP contribution >= 0.6 is 12.4 Å². The van der Waals surface area contributed by atoms with E-state index in [1.54, 1.807) is 6.07 Å². The van der Waals surface area contributed by atoms with E-state index in [-0.39, 0.29) is 24.2 Å². The third kappa shape index (κ3) is 3.54. The van der Waals surface area contributed by atoms with Gasteiger partial charge in [-0.3, -0.25) is 4.79 Å². The van der Waals surface area contributed by atoms with Gasteiger partial charge >= 0.3 is 6.18 Å². The Bertz CT molecular complexity index is 598. The summed E-state index contributed by atoms with van der Waals surface area (Å²) in [5, 5.41) is 6.18. The highest BCUT2D eigenvalue weighted by atomic mass is 35.5.